The topological polar surface area (TPSA) is 362 Å². The minimum atomic E-state index is -1.57. The molecule has 0 bridgehead atoms. The highest BCUT2D eigenvalue weighted by Gasteiger charge is 2.48. The molecule has 694 valence electrons. The maximum absolute atomic E-state index is 13.2. The Hall–Kier alpha value is -6.73. The molecule has 0 aliphatic carbocycles. The van der Waals surface area contributed by atoms with E-state index in [9.17, 15) is 39.6 Å². The molecule has 0 radical (unpaired) electrons. The molecular formula is C94H144BrN6O23+. The molecule has 124 heavy (non-hydrogen) atoms. The van der Waals surface area contributed by atoms with E-state index in [1.165, 1.54) is 33.9 Å². The fourth-order valence-corrected chi connectivity index (χ4v) is 16.9. The number of anilines is 1. The number of halogens is 1. The first-order valence-corrected chi connectivity index (χ1v) is 44.3. The number of unbranched alkanes of at least 4 members (excludes halogenated alkanes) is 1. The Morgan fingerprint density at radius 3 is 1.46 bits per heavy atom. The van der Waals surface area contributed by atoms with Crippen LogP contribution in [0.4, 0.5) is 16.2 Å². The van der Waals surface area contributed by atoms with Crippen LogP contribution in [-0.2, 0) is 63.0 Å². The molecule has 6 saturated heterocycles. The van der Waals surface area contributed by atoms with Gasteiger partial charge in [0.15, 0.2) is 30.9 Å². The number of piperazine rings is 2. The van der Waals surface area contributed by atoms with Crippen molar-refractivity contribution in [3.8, 4) is 0 Å². The standard InChI is InChI=1S/C41H57N4O7.C27H42N2O6.C18H25BrO4.C6H12O6.2CH4/c1-40(2)28-13-6-8-15-30(28)42(5)33(40)17-12-18-34-41(3,4)29-14-7-9-16-31(29)45(34)20-11-10-19-35(47)44-23-21-43(22-24-44)25-26-51-39-38(50)37(49)36(48)32(27-46)52-39;1-19-20(2)23(18-33-24(30)22-10-8-7-9-11-22)34-25(21(19)3)32-17-16-28-12-14-29(15-13-28)26(31)35-27(4,5)6;1-12-13(2)16(23-18(14(12)3)21-10-9-19)11-22-17(20)15-7-5-4-6-8-15;7-1-2-3(8)4(9)5(10)6(11)12-2;;/h6-9,12-18,32,36-39,46,48-50H,10-11,19-27H2,1-5H3;7-11,19-21,23,25H,12-18H2,1-6H3;4-8,12-14,16,18H,9-11H2,1-3H3;2-11H,1H2;2*1H4/q+1;;;;;. The van der Waals surface area contributed by atoms with Crippen LogP contribution < -0.4 is 4.90 Å². The summed E-state index contributed by atoms with van der Waals surface area (Å²) < 4.78 is 58.7. The lowest BCUT2D eigenvalue weighted by Gasteiger charge is -2.43. The Balaban J connectivity index is 0.000000252. The predicted octanol–water partition coefficient (Wildman–Crippen LogP) is 9.05. The first kappa shape index (κ1) is 104. The zero-order chi connectivity index (χ0) is 88.9. The lowest BCUT2D eigenvalue weighted by Crippen LogP contribution is -2.59. The first-order chi connectivity index (χ1) is 58.0. The summed E-state index contributed by atoms with van der Waals surface area (Å²) >= 11 is 3.36. The fourth-order valence-electron chi connectivity index (χ4n) is 16.7. The van der Waals surface area contributed by atoms with Gasteiger partial charge in [0.1, 0.15) is 74.7 Å². The molecule has 8 aliphatic rings. The molecule has 20 unspecified atom stereocenters. The van der Waals surface area contributed by atoms with Crippen molar-refractivity contribution < 1.29 is 117 Å². The van der Waals surface area contributed by atoms with E-state index >= 15 is 0 Å². The molecule has 0 aromatic heterocycles. The molecule has 0 saturated carbocycles. The smallest absolute Gasteiger partial charge is 0.410 e. The Morgan fingerprint density at radius 2 is 0.960 bits per heavy atom. The summed E-state index contributed by atoms with van der Waals surface area (Å²) in [6.45, 7) is 36.4. The monoisotopic (exact) mass is 1800 g/mol. The first-order valence-electron chi connectivity index (χ1n) is 43.1. The number of rotatable bonds is 26. The van der Waals surface area contributed by atoms with Crippen molar-refractivity contribution in [1.29, 1.82) is 0 Å². The zero-order valence-electron chi connectivity index (χ0n) is 73.5. The van der Waals surface area contributed by atoms with Gasteiger partial charge < -0.3 is 108 Å². The van der Waals surface area contributed by atoms with Gasteiger partial charge in [-0.15, -0.1) is 0 Å². The number of hydrogen-bond donors (Lipinski definition) is 9. The van der Waals surface area contributed by atoms with Crippen LogP contribution in [0, 0.1) is 35.5 Å². The quantitative estimate of drug-likeness (QED) is 0.00930. The van der Waals surface area contributed by atoms with E-state index in [4.69, 9.17) is 68.2 Å². The maximum atomic E-state index is 13.2. The van der Waals surface area contributed by atoms with Crippen molar-refractivity contribution in [2.75, 3.05) is 136 Å². The summed E-state index contributed by atoms with van der Waals surface area (Å²) in [4.78, 5) is 60.5. The predicted molar refractivity (Wildman–Crippen MR) is 476 cm³/mol. The molecule has 4 aromatic carbocycles. The van der Waals surface area contributed by atoms with E-state index in [1.807, 2.05) is 62.1 Å². The third-order valence-electron chi connectivity index (χ3n) is 25.2. The average molecular weight is 1810 g/mol. The number of allylic oxidation sites excluding steroid dienone is 4. The number of carbonyl (C=O) groups excluding carboxylic acids is 4. The fraction of sp³-hybridized carbons (Fsp3) is 0.649. The van der Waals surface area contributed by atoms with Gasteiger partial charge in [-0.05, 0) is 113 Å². The molecule has 8 aliphatic heterocycles. The second-order valence-electron chi connectivity index (χ2n) is 35.2. The highest BCUT2D eigenvalue weighted by Crippen LogP contribution is 2.48. The van der Waals surface area contributed by atoms with Crippen LogP contribution in [0.25, 0.3) is 0 Å². The Kier molecular flexibility index (Phi) is 40.9. The van der Waals surface area contributed by atoms with E-state index in [0.29, 0.717) is 100 Å². The van der Waals surface area contributed by atoms with Gasteiger partial charge in [-0.3, -0.25) is 14.6 Å². The number of hydrogen-bond acceptors (Lipinski definition) is 26. The van der Waals surface area contributed by atoms with Gasteiger partial charge in [0.05, 0.1) is 61.8 Å². The van der Waals surface area contributed by atoms with Gasteiger partial charge in [-0.1, -0.05) is 165 Å². The Labute approximate surface area is 742 Å². The van der Waals surface area contributed by atoms with Crippen LogP contribution >= 0.6 is 15.9 Å². The maximum Gasteiger partial charge on any atom is 0.410 e. The Bertz CT molecular complexity index is 4020. The number of aliphatic hydroxyl groups excluding tert-OH is 9. The van der Waals surface area contributed by atoms with Crippen LogP contribution in [0.15, 0.2) is 133 Å². The summed E-state index contributed by atoms with van der Waals surface area (Å²) in [5.41, 5.74) is 8.07. The SMILES string of the molecule is C.C.CC1C(COC(=O)c2ccccc2)OC(OCCBr)C(C)C1C.CC1C(COC(=O)c2ccccc2)OC(OCCN2CCN(C(=O)OC(C)(C)C)CC2)C(C)C1C.C[N+]1=C(/C=C/C=C2/N(CCCCC(=O)N3CCN(CCOC4OC(CO)C(O)C(O)C4O)CC3)c3ccccc3C2(C)C)C(C)(C)c2ccccc21.OCC1OC(O)C(O)C(O)C1O. The van der Waals surface area contributed by atoms with Gasteiger partial charge in [-0.25, -0.2) is 14.4 Å². The lowest BCUT2D eigenvalue weighted by atomic mass is 9.79. The van der Waals surface area contributed by atoms with E-state index < -0.39 is 80.2 Å². The number of carbonyl (C=O) groups is 4. The van der Waals surface area contributed by atoms with Crippen LogP contribution in [-0.4, -0.2) is 322 Å². The van der Waals surface area contributed by atoms with Crippen LogP contribution in [0.3, 0.4) is 0 Å². The van der Waals surface area contributed by atoms with Gasteiger partial charge in [-0.2, -0.15) is 4.58 Å². The molecular weight excluding hydrogens is 1660 g/mol. The largest absolute Gasteiger partial charge is 0.459 e. The third-order valence-corrected chi connectivity index (χ3v) is 25.5. The molecule has 4 aromatic rings. The molecule has 2 amide bonds. The lowest BCUT2D eigenvalue weighted by molar-refractivity contribution is -0.401. The van der Waals surface area contributed by atoms with Crippen molar-refractivity contribution in [3.63, 3.8) is 0 Å². The highest BCUT2D eigenvalue weighted by atomic mass is 79.9. The summed E-state index contributed by atoms with van der Waals surface area (Å²) in [5, 5.41) is 85.0. The number of esters is 2. The summed E-state index contributed by atoms with van der Waals surface area (Å²) in [5.74, 6) is 1.42. The number of para-hydroxylation sites is 2. The van der Waals surface area contributed by atoms with Gasteiger partial charge in [0.25, 0.3) is 0 Å². The van der Waals surface area contributed by atoms with Crippen molar-refractivity contribution in [3.05, 3.63) is 155 Å². The van der Waals surface area contributed by atoms with Crippen LogP contribution in [0.2, 0.25) is 0 Å². The molecule has 30 heteroatoms. The van der Waals surface area contributed by atoms with E-state index in [0.717, 1.165) is 44.4 Å². The van der Waals surface area contributed by atoms with E-state index in [1.54, 1.807) is 29.2 Å². The number of benzene rings is 4. The van der Waals surface area contributed by atoms with Gasteiger partial charge >= 0.3 is 18.0 Å². The van der Waals surface area contributed by atoms with Crippen LogP contribution in [0.1, 0.15) is 156 Å². The number of aliphatic hydroxyl groups is 9. The summed E-state index contributed by atoms with van der Waals surface area (Å²) in [6.07, 6.45) is -5.68. The molecule has 8 heterocycles. The molecule has 20 atom stereocenters. The summed E-state index contributed by atoms with van der Waals surface area (Å²) in [7, 11) is 2.15. The average Bonchev–Trinajstić information content (AvgIpc) is 1.59. The number of fused-ring (bicyclic) bond motifs is 2. The van der Waals surface area contributed by atoms with Crippen molar-refractivity contribution in [2.24, 2.45) is 35.5 Å². The van der Waals surface area contributed by atoms with Gasteiger partial charge in [0.2, 0.25) is 11.6 Å². The van der Waals surface area contributed by atoms with Gasteiger partial charge in [0, 0.05) is 130 Å². The van der Waals surface area contributed by atoms with Crippen LogP contribution in [0.5, 0.6) is 0 Å². The number of alkyl halides is 1. The summed E-state index contributed by atoms with van der Waals surface area (Å²) in [6, 6.07) is 35.3. The molecule has 12 rings (SSSR count). The number of ether oxygens (including phenoxy) is 10. The van der Waals surface area contributed by atoms with Crippen molar-refractivity contribution in [2.45, 2.75) is 227 Å². The third kappa shape index (κ3) is 27.2. The normalized spacial score (nSPS) is 30.1. The molecule has 6 fully saturated rings. The number of nitrogens with zero attached hydrogens (tertiary/aromatic N) is 6. The Morgan fingerprint density at radius 1 is 0.508 bits per heavy atom. The minimum Gasteiger partial charge on any atom is -0.459 e. The second-order valence-corrected chi connectivity index (χ2v) is 36.0. The zero-order valence-corrected chi connectivity index (χ0v) is 75.1. The van der Waals surface area contributed by atoms with Crippen molar-refractivity contribution in [1.82, 2.24) is 19.6 Å². The molecule has 29 nitrogen and oxygen atoms in total. The second kappa shape index (κ2) is 48.6. The number of amides is 2. The molecule has 0 spiro atoms. The van der Waals surface area contributed by atoms with E-state index in [-0.39, 0.29) is 106 Å². The highest BCUT2D eigenvalue weighted by molar-refractivity contribution is 9.09. The van der Waals surface area contributed by atoms with E-state index in [2.05, 4.69) is 183 Å². The molecule has 9 N–H and O–H groups in total. The van der Waals surface area contributed by atoms with Crippen molar-refractivity contribution >= 4 is 57.0 Å². The minimum absolute atomic E-state index is 0.